The summed E-state index contributed by atoms with van der Waals surface area (Å²) in [7, 11) is 0. The van der Waals surface area contributed by atoms with Crippen molar-refractivity contribution in [1.29, 1.82) is 0 Å². The molecule has 1 amide bonds. The maximum atomic E-state index is 12.4. The van der Waals surface area contributed by atoms with E-state index < -0.39 is 6.10 Å². The van der Waals surface area contributed by atoms with Crippen molar-refractivity contribution in [3.63, 3.8) is 0 Å². The molecule has 2 N–H and O–H groups in total. The lowest BCUT2D eigenvalue weighted by Crippen LogP contribution is -2.42. The van der Waals surface area contributed by atoms with Crippen LogP contribution < -0.4 is 5.32 Å². The molecule has 20 heavy (non-hydrogen) atoms. The first kappa shape index (κ1) is 13.2. The number of aliphatic hydroxyl groups excluding tert-OH is 1. The Morgan fingerprint density at radius 2 is 2.00 bits per heavy atom. The summed E-state index contributed by atoms with van der Waals surface area (Å²) in [6.07, 6.45) is 5.84. The van der Waals surface area contributed by atoms with E-state index in [2.05, 4.69) is 5.32 Å². The second-order valence-corrected chi connectivity index (χ2v) is 5.43. The van der Waals surface area contributed by atoms with Gasteiger partial charge in [-0.2, -0.15) is 0 Å². The third-order valence-electron chi connectivity index (χ3n) is 4.02. The second kappa shape index (κ2) is 5.67. The van der Waals surface area contributed by atoms with E-state index in [1.165, 1.54) is 6.26 Å². The molecule has 2 atom stereocenters. The lowest BCUT2D eigenvalue weighted by Gasteiger charge is -2.21. The number of furan rings is 1. The summed E-state index contributed by atoms with van der Waals surface area (Å²) in [6.45, 7) is 0. The average molecular weight is 273 g/mol. The quantitative estimate of drug-likeness (QED) is 0.827. The molecular formula is C16H19NO3. The second-order valence-electron chi connectivity index (χ2n) is 5.43. The Kier molecular flexibility index (Phi) is 3.74. The fraction of sp³-hybridized carbons (Fsp3) is 0.438. The van der Waals surface area contributed by atoms with Crippen molar-refractivity contribution in [2.45, 2.75) is 44.2 Å². The van der Waals surface area contributed by atoms with Gasteiger partial charge in [-0.25, -0.2) is 0 Å². The molecule has 1 aromatic carbocycles. The minimum atomic E-state index is -0.445. The summed E-state index contributed by atoms with van der Waals surface area (Å²) in [6, 6.07) is 7.32. The van der Waals surface area contributed by atoms with Gasteiger partial charge in [0.1, 0.15) is 11.8 Å². The lowest BCUT2D eigenvalue weighted by atomic mass is 10.1. The van der Waals surface area contributed by atoms with Crippen LogP contribution in [0.15, 0.2) is 34.9 Å². The zero-order valence-corrected chi connectivity index (χ0v) is 11.3. The number of amides is 1. The van der Waals surface area contributed by atoms with E-state index in [-0.39, 0.29) is 11.9 Å². The Morgan fingerprint density at radius 1 is 1.20 bits per heavy atom. The van der Waals surface area contributed by atoms with Crippen LogP contribution in [0.1, 0.15) is 42.5 Å². The molecule has 2 unspecified atom stereocenters. The molecule has 3 rings (SSSR count). The molecule has 4 nitrogen and oxygen atoms in total. The van der Waals surface area contributed by atoms with Crippen LogP contribution in [0.5, 0.6) is 0 Å². The maximum Gasteiger partial charge on any atom is 0.255 e. The number of hydrogen-bond donors (Lipinski definition) is 2. The monoisotopic (exact) mass is 273 g/mol. The van der Waals surface area contributed by atoms with Crippen LogP contribution in [0, 0.1) is 0 Å². The van der Waals surface area contributed by atoms with E-state index in [1.54, 1.807) is 0 Å². The first-order valence-corrected chi connectivity index (χ1v) is 7.21. The SMILES string of the molecule is O=C(NC1CCCCCC1O)c1coc2ccccc12. The van der Waals surface area contributed by atoms with E-state index in [4.69, 9.17) is 4.42 Å². The number of hydrogen-bond acceptors (Lipinski definition) is 3. The summed E-state index contributed by atoms with van der Waals surface area (Å²) in [5.74, 6) is -0.166. The fourth-order valence-corrected chi connectivity index (χ4v) is 2.86. The number of nitrogens with one attached hydrogen (secondary N) is 1. The molecule has 0 bridgehead atoms. The van der Waals surface area contributed by atoms with Gasteiger partial charge < -0.3 is 14.8 Å². The van der Waals surface area contributed by atoms with E-state index in [0.29, 0.717) is 11.1 Å². The molecule has 2 aromatic rings. The molecule has 1 fully saturated rings. The van der Waals surface area contributed by atoms with Crippen LogP contribution in [-0.2, 0) is 0 Å². The molecular weight excluding hydrogens is 254 g/mol. The van der Waals surface area contributed by atoms with Crippen molar-refractivity contribution in [1.82, 2.24) is 5.32 Å². The minimum absolute atomic E-state index is 0.154. The Balaban J connectivity index is 1.78. The number of aliphatic hydroxyl groups is 1. The van der Waals surface area contributed by atoms with Crippen molar-refractivity contribution < 1.29 is 14.3 Å². The molecule has 4 heteroatoms. The predicted molar refractivity (Wildman–Crippen MR) is 76.6 cm³/mol. The molecule has 0 aliphatic heterocycles. The van der Waals surface area contributed by atoms with Crippen LogP contribution in [0.4, 0.5) is 0 Å². The van der Waals surface area contributed by atoms with Crippen LogP contribution in [-0.4, -0.2) is 23.2 Å². The number of carbonyl (C=O) groups is 1. The average Bonchev–Trinajstić information content (AvgIpc) is 2.79. The standard InChI is InChI=1S/C16H19NO3/c18-14-8-3-1-2-7-13(14)17-16(19)12-10-20-15-9-5-4-6-11(12)15/h4-6,9-10,13-14,18H,1-3,7-8H2,(H,17,19). The number of carbonyl (C=O) groups excluding carboxylic acids is 1. The summed E-state index contributed by atoms with van der Waals surface area (Å²) in [4.78, 5) is 12.4. The highest BCUT2D eigenvalue weighted by Gasteiger charge is 2.24. The van der Waals surface area contributed by atoms with Gasteiger partial charge in [-0.3, -0.25) is 4.79 Å². The summed E-state index contributed by atoms with van der Waals surface area (Å²) >= 11 is 0. The van der Waals surface area contributed by atoms with Gasteiger partial charge in [0, 0.05) is 5.39 Å². The molecule has 1 aromatic heterocycles. The fourth-order valence-electron chi connectivity index (χ4n) is 2.86. The van der Waals surface area contributed by atoms with Gasteiger partial charge in [0.15, 0.2) is 0 Å². The van der Waals surface area contributed by atoms with Crippen molar-refractivity contribution in [2.75, 3.05) is 0 Å². The largest absolute Gasteiger partial charge is 0.463 e. The zero-order chi connectivity index (χ0) is 13.9. The molecule has 0 saturated heterocycles. The summed E-state index contributed by atoms with van der Waals surface area (Å²) in [5, 5.41) is 13.8. The Labute approximate surface area is 117 Å². The predicted octanol–water partition coefficient (Wildman–Crippen LogP) is 2.86. The molecule has 0 radical (unpaired) electrons. The summed E-state index contributed by atoms with van der Waals surface area (Å²) < 4.78 is 5.39. The maximum absolute atomic E-state index is 12.4. The van der Waals surface area contributed by atoms with Crippen LogP contribution in [0.25, 0.3) is 11.0 Å². The van der Waals surface area contributed by atoms with Crippen molar-refractivity contribution in [3.8, 4) is 0 Å². The van der Waals surface area contributed by atoms with Crippen LogP contribution in [0.2, 0.25) is 0 Å². The van der Waals surface area contributed by atoms with Crippen molar-refractivity contribution >= 4 is 16.9 Å². The number of benzene rings is 1. The van der Waals surface area contributed by atoms with E-state index in [1.807, 2.05) is 24.3 Å². The van der Waals surface area contributed by atoms with E-state index in [9.17, 15) is 9.90 Å². The van der Waals surface area contributed by atoms with E-state index in [0.717, 1.165) is 37.5 Å². The molecule has 1 aliphatic rings. The molecule has 1 saturated carbocycles. The third kappa shape index (κ3) is 2.56. The molecule has 1 heterocycles. The topological polar surface area (TPSA) is 62.5 Å². The highest BCUT2D eigenvalue weighted by molar-refractivity contribution is 6.06. The first-order chi connectivity index (χ1) is 9.75. The highest BCUT2D eigenvalue weighted by atomic mass is 16.3. The normalized spacial score (nSPS) is 23.4. The first-order valence-electron chi connectivity index (χ1n) is 7.21. The zero-order valence-electron chi connectivity index (χ0n) is 11.3. The van der Waals surface area contributed by atoms with E-state index >= 15 is 0 Å². The third-order valence-corrected chi connectivity index (χ3v) is 4.02. The van der Waals surface area contributed by atoms with Gasteiger partial charge in [0.05, 0.1) is 17.7 Å². The van der Waals surface area contributed by atoms with Gasteiger partial charge in [-0.1, -0.05) is 37.5 Å². The molecule has 1 aliphatic carbocycles. The molecule has 0 spiro atoms. The Morgan fingerprint density at radius 3 is 2.90 bits per heavy atom. The highest BCUT2D eigenvalue weighted by Crippen LogP contribution is 2.22. The minimum Gasteiger partial charge on any atom is -0.463 e. The number of para-hydroxylation sites is 1. The van der Waals surface area contributed by atoms with Gasteiger partial charge in [-0.15, -0.1) is 0 Å². The smallest absolute Gasteiger partial charge is 0.255 e. The molecule has 106 valence electrons. The van der Waals surface area contributed by atoms with Crippen molar-refractivity contribution in [2.24, 2.45) is 0 Å². The van der Waals surface area contributed by atoms with Gasteiger partial charge in [0.2, 0.25) is 0 Å². The Hall–Kier alpha value is -1.81. The van der Waals surface area contributed by atoms with Gasteiger partial charge >= 0.3 is 0 Å². The number of fused-ring (bicyclic) bond motifs is 1. The lowest BCUT2D eigenvalue weighted by molar-refractivity contribution is 0.0819. The van der Waals surface area contributed by atoms with Crippen LogP contribution in [0.3, 0.4) is 0 Å². The number of rotatable bonds is 2. The Bertz CT molecular complexity index is 605. The van der Waals surface area contributed by atoms with Gasteiger partial charge in [0.25, 0.3) is 5.91 Å². The van der Waals surface area contributed by atoms with Crippen molar-refractivity contribution in [3.05, 3.63) is 36.1 Å². The van der Waals surface area contributed by atoms with Crippen LogP contribution >= 0.6 is 0 Å². The van der Waals surface area contributed by atoms with Gasteiger partial charge in [-0.05, 0) is 18.9 Å². The summed E-state index contributed by atoms with van der Waals surface area (Å²) in [5.41, 5.74) is 1.25.